The van der Waals surface area contributed by atoms with Gasteiger partial charge < -0.3 is 24.8 Å². The fourth-order valence-electron chi connectivity index (χ4n) is 3.52. The molecule has 0 radical (unpaired) electrons. The summed E-state index contributed by atoms with van der Waals surface area (Å²) in [6.07, 6.45) is 0. The number of morpholine rings is 1. The number of ether oxygens (including phenoxy) is 3. The molecule has 1 aromatic carbocycles. The number of para-hydroxylation sites is 1. The SMILES string of the molecule is CCNC(=NCC(c1cccs1)N1CCOCC1)NCCOCc1ccccc1OC.I. The zero-order chi connectivity index (χ0) is 21.7. The Labute approximate surface area is 212 Å². The van der Waals surface area contributed by atoms with Crippen molar-refractivity contribution in [2.24, 2.45) is 4.99 Å². The van der Waals surface area contributed by atoms with Crippen LogP contribution in [0.25, 0.3) is 0 Å². The molecule has 1 aromatic heterocycles. The molecule has 1 aliphatic heterocycles. The van der Waals surface area contributed by atoms with Crippen LogP contribution in [0.5, 0.6) is 5.75 Å². The first kappa shape index (κ1) is 26.8. The molecular formula is C23H35IN4O3S. The van der Waals surface area contributed by atoms with Gasteiger partial charge in [-0.1, -0.05) is 24.3 Å². The lowest BCUT2D eigenvalue weighted by Gasteiger charge is -2.33. The highest BCUT2D eigenvalue weighted by atomic mass is 127. The van der Waals surface area contributed by atoms with Gasteiger partial charge in [-0.2, -0.15) is 0 Å². The molecule has 2 N–H and O–H groups in total. The van der Waals surface area contributed by atoms with E-state index in [0.717, 1.165) is 50.1 Å². The molecule has 0 aliphatic carbocycles. The summed E-state index contributed by atoms with van der Waals surface area (Å²) in [4.78, 5) is 8.69. The second-order valence-corrected chi connectivity index (χ2v) is 8.17. The highest BCUT2D eigenvalue weighted by Gasteiger charge is 2.23. The van der Waals surface area contributed by atoms with Gasteiger partial charge in [0.2, 0.25) is 0 Å². The Bertz CT molecular complexity index is 785. The van der Waals surface area contributed by atoms with Crippen molar-refractivity contribution in [3.05, 3.63) is 52.2 Å². The largest absolute Gasteiger partial charge is 0.496 e. The van der Waals surface area contributed by atoms with Gasteiger partial charge in [0.1, 0.15) is 5.75 Å². The summed E-state index contributed by atoms with van der Waals surface area (Å²) in [6, 6.07) is 12.5. The lowest BCUT2D eigenvalue weighted by atomic mass is 10.2. The lowest BCUT2D eigenvalue weighted by Crippen LogP contribution is -2.42. The minimum atomic E-state index is 0. The maximum atomic E-state index is 5.82. The van der Waals surface area contributed by atoms with Gasteiger partial charge in [0.25, 0.3) is 0 Å². The van der Waals surface area contributed by atoms with Crippen LogP contribution in [0.4, 0.5) is 0 Å². The maximum Gasteiger partial charge on any atom is 0.191 e. The average molecular weight is 575 g/mol. The second-order valence-electron chi connectivity index (χ2n) is 7.19. The molecule has 1 saturated heterocycles. The van der Waals surface area contributed by atoms with Gasteiger partial charge in [-0.3, -0.25) is 9.89 Å². The standard InChI is InChI=1S/C23H34N4O3S.HI/c1-3-24-23(25-10-13-30-18-19-7-4-5-8-21(19)28-2)26-17-20(22-9-6-16-31-22)27-11-14-29-15-12-27;/h4-9,16,20H,3,10-15,17-18H2,1-2H3,(H2,24,25,26);1H. The number of nitrogens with zero attached hydrogens (tertiary/aromatic N) is 2. The number of nitrogens with one attached hydrogen (secondary N) is 2. The molecule has 3 rings (SSSR count). The molecule has 0 saturated carbocycles. The van der Waals surface area contributed by atoms with E-state index in [-0.39, 0.29) is 30.0 Å². The van der Waals surface area contributed by atoms with Gasteiger partial charge in [0.15, 0.2) is 5.96 Å². The monoisotopic (exact) mass is 574 g/mol. The van der Waals surface area contributed by atoms with Crippen LogP contribution in [0.3, 0.4) is 0 Å². The molecule has 1 fully saturated rings. The summed E-state index contributed by atoms with van der Waals surface area (Å²) in [6.45, 7) is 8.85. The molecule has 0 bridgehead atoms. The minimum absolute atomic E-state index is 0. The summed E-state index contributed by atoms with van der Waals surface area (Å²) >= 11 is 1.79. The molecule has 0 amide bonds. The predicted molar refractivity (Wildman–Crippen MR) is 141 cm³/mol. The highest BCUT2D eigenvalue weighted by Crippen LogP contribution is 2.26. The Kier molecular flexibility index (Phi) is 13.0. The number of hydrogen-bond donors (Lipinski definition) is 2. The third kappa shape index (κ3) is 8.51. The summed E-state index contributed by atoms with van der Waals surface area (Å²) in [7, 11) is 1.68. The van der Waals surface area contributed by atoms with Crippen molar-refractivity contribution in [1.82, 2.24) is 15.5 Å². The quantitative estimate of drug-likeness (QED) is 0.185. The van der Waals surface area contributed by atoms with E-state index < -0.39 is 0 Å². The number of guanidine groups is 1. The van der Waals surface area contributed by atoms with Crippen LogP contribution in [-0.2, 0) is 16.1 Å². The highest BCUT2D eigenvalue weighted by molar-refractivity contribution is 14.0. The topological polar surface area (TPSA) is 67.4 Å². The Balaban J connectivity index is 0.00000363. The van der Waals surface area contributed by atoms with Gasteiger partial charge in [-0.05, 0) is 24.4 Å². The first-order valence-corrected chi connectivity index (χ1v) is 11.8. The van der Waals surface area contributed by atoms with Gasteiger partial charge in [0.05, 0.1) is 46.1 Å². The Hall–Kier alpha value is -1.40. The minimum Gasteiger partial charge on any atom is -0.496 e. The molecule has 2 aromatic rings. The summed E-state index contributed by atoms with van der Waals surface area (Å²) in [5, 5.41) is 8.85. The zero-order valence-corrected chi connectivity index (χ0v) is 22.1. The van der Waals surface area contributed by atoms with Crippen molar-refractivity contribution in [2.75, 3.05) is 59.7 Å². The van der Waals surface area contributed by atoms with Crippen LogP contribution in [-0.4, -0.2) is 70.5 Å². The third-order valence-electron chi connectivity index (χ3n) is 5.11. The van der Waals surface area contributed by atoms with E-state index in [0.29, 0.717) is 26.3 Å². The van der Waals surface area contributed by atoms with Gasteiger partial charge in [0, 0.05) is 36.6 Å². The van der Waals surface area contributed by atoms with Crippen molar-refractivity contribution >= 4 is 41.3 Å². The number of hydrogen-bond acceptors (Lipinski definition) is 6. The zero-order valence-electron chi connectivity index (χ0n) is 18.9. The Morgan fingerprint density at radius 3 is 2.72 bits per heavy atom. The number of halogens is 1. The van der Waals surface area contributed by atoms with Crippen molar-refractivity contribution in [3.63, 3.8) is 0 Å². The third-order valence-corrected chi connectivity index (χ3v) is 6.09. The molecule has 1 aliphatic rings. The van der Waals surface area contributed by atoms with Crippen LogP contribution < -0.4 is 15.4 Å². The van der Waals surface area contributed by atoms with Gasteiger partial charge in [-0.15, -0.1) is 35.3 Å². The number of thiophene rings is 1. The van der Waals surface area contributed by atoms with E-state index in [1.807, 2.05) is 24.3 Å². The van der Waals surface area contributed by atoms with Crippen LogP contribution in [0.15, 0.2) is 46.8 Å². The molecule has 1 atom stereocenters. The van der Waals surface area contributed by atoms with E-state index in [9.17, 15) is 0 Å². The first-order chi connectivity index (χ1) is 15.3. The van der Waals surface area contributed by atoms with E-state index in [2.05, 4.69) is 40.0 Å². The van der Waals surface area contributed by atoms with Crippen LogP contribution in [0, 0.1) is 0 Å². The Morgan fingerprint density at radius 2 is 2.00 bits per heavy atom. The van der Waals surface area contributed by atoms with E-state index in [1.165, 1.54) is 4.88 Å². The van der Waals surface area contributed by atoms with Crippen LogP contribution in [0.1, 0.15) is 23.4 Å². The number of aliphatic imine (C=N–C) groups is 1. The first-order valence-electron chi connectivity index (χ1n) is 10.9. The number of rotatable bonds is 11. The van der Waals surface area contributed by atoms with Crippen LogP contribution >= 0.6 is 35.3 Å². The molecule has 2 heterocycles. The van der Waals surface area contributed by atoms with E-state index in [4.69, 9.17) is 19.2 Å². The van der Waals surface area contributed by atoms with Crippen LogP contribution in [0.2, 0.25) is 0 Å². The predicted octanol–water partition coefficient (Wildman–Crippen LogP) is 3.52. The smallest absolute Gasteiger partial charge is 0.191 e. The van der Waals surface area contributed by atoms with E-state index >= 15 is 0 Å². The molecule has 7 nitrogen and oxygen atoms in total. The number of methoxy groups -OCH3 is 1. The molecular weight excluding hydrogens is 539 g/mol. The molecule has 178 valence electrons. The lowest BCUT2D eigenvalue weighted by molar-refractivity contribution is 0.0186. The molecule has 0 spiro atoms. The van der Waals surface area contributed by atoms with Crippen molar-refractivity contribution < 1.29 is 14.2 Å². The maximum absolute atomic E-state index is 5.82. The second kappa shape index (κ2) is 15.4. The summed E-state index contributed by atoms with van der Waals surface area (Å²) in [5.74, 6) is 1.67. The number of benzene rings is 1. The summed E-state index contributed by atoms with van der Waals surface area (Å²) < 4.78 is 16.7. The molecule has 32 heavy (non-hydrogen) atoms. The fraction of sp³-hybridized carbons (Fsp3) is 0.522. The Morgan fingerprint density at radius 1 is 1.19 bits per heavy atom. The van der Waals surface area contributed by atoms with Crippen molar-refractivity contribution in [2.45, 2.75) is 19.6 Å². The molecule has 9 heteroatoms. The van der Waals surface area contributed by atoms with E-state index in [1.54, 1.807) is 18.4 Å². The normalized spacial score (nSPS) is 15.6. The van der Waals surface area contributed by atoms with Gasteiger partial charge >= 0.3 is 0 Å². The van der Waals surface area contributed by atoms with Gasteiger partial charge in [-0.25, -0.2) is 0 Å². The molecule has 1 unspecified atom stereocenters. The average Bonchev–Trinajstić information content (AvgIpc) is 3.34. The van der Waals surface area contributed by atoms with Crippen molar-refractivity contribution in [3.8, 4) is 5.75 Å². The fourth-order valence-corrected chi connectivity index (χ4v) is 4.37. The summed E-state index contributed by atoms with van der Waals surface area (Å²) in [5.41, 5.74) is 1.05. The van der Waals surface area contributed by atoms with Crippen molar-refractivity contribution in [1.29, 1.82) is 0 Å².